The maximum Gasteiger partial charge on any atom is 0.308 e. The van der Waals surface area contributed by atoms with E-state index in [-0.39, 0.29) is 24.8 Å². The summed E-state index contributed by atoms with van der Waals surface area (Å²) in [4.78, 5) is 25.7. The first-order chi connectivity index (χ1) is 11.4. The third-order valence-electron chi connectivity index (χ3n) is 4.40. The summed E-state index contributed by atoms with van der Waals surface area (Å²) in [7, 11) is 1.79. The Morgan fingerprint density at radius 2 is 2.00 bits per heavy atom. The molecule has 2 atom stereocenters. The second kappa shape index (κ2) is 6.65. The van der Waals surface area contributed by atoms with E-state index in [2.05, 4.69) is 5.10 Å². The number of rotatable bonds is 4. The number of halogens is 1. The van der Waals surface area contributed by atoms with Crippen LogP contribution < -0.4 is 0 Å². The van der Waals surface area contributed by atoms with Crippen LogP contribution >= 0.6 is 11.6 Å². The van der Waals surface area contributed by atoms with E-state index in [1.807, 2.05) is 12.1 Å². The molecule has 1 aliphatic rings. The minimum Gasteiger partial charge on any atom is -0.481 e. The molecule has 0 aliphatic carbocycles. The molecule has 2 aromatic rings. The van der Waals surface area contributed by atoms with Crippen molar-refractivity contribution in [2.75, 3.05) is 13.1 Å². The molecular weight excluding hydrogens is 330 g/mol. The number of benzene rings is 1. The number of aliphatic carboxylic acids is 1. The number of carboxylic acid groups (broad SMARTS) is 1. The van der Waals surface area contributed by atoms with Crippen LogP contribution in [0.5, 0.6) is 0 Å². The van der Waals surface area contributed by atoms with E-state index in [9.17, 15) is 14.7 Å². The van der Waals surface area contributed by atoms with E-state index < -0.39 is 11.9 Å². The number of nitrogens with zero attached hydrogens (tertiary/aromatic N) is 3. The Kier molecular flexibility index (Phi) is 4.57. The quantitative estimate of drug-likeness (QED) is 0.917. The molecule has 6 nitrogen and oxygen atoms in total. The highest BCUT2D eigenvalue weighted by Crippen LogP contribution is 2.33. The van der Waals surface area contributed by atoms with Crippen molar-refractivity contribution in [1.82, 2.24) is 14.7 Å². The number of hydrogen-bond acceptors (Lipinski definition) is 3. The van der Waals surface area contributed by atoms with Crippen molar-refractivity contribution in [1.29, 1.82) is 0 Å². The highest BCUT2D eigenvalue weighted by atomic mass is 35.5. The SMILES string of the molecule is Cn1cc(CC(=O)N2C[C@@H](C(=O)O)[C@H](c3ccc(Cl)cc3)C2)cn1. The number of hydrogen-bond donors (Lipinski definition) is 1. The molecule has 126 valence electrons. The molecule has 1 aliphatic heterocycles. The number of aromatic nitrogens is 2. The van der Waals surface area contributed by atoms with E-state index in [0.717, 1.165) is 11.1 Å². The summed E-state index contributed by atoms with van der Waals surface area (Å²) < 4.78 is 1.64. The normalized spacial score (nSPS) is 20.3. The topological polar surface area (TPSA) is 75.4 Å². The number of aryl methyl sites for hydroxylation is 1. The monoisotopic (exact) mass is 347 g/mol. The molecule has 0 unspecified atom stereocenters. The average Bonchev–Trinajstić information content (AvgIpc) is 3.15. The van der Waals surface area contributed by atoms with Crippen LogP contribution in [0, 0.1) is 5.92 Å². The van der Waals surface area contributed by atoms with Crippen molar-refractivity contribution in [3.05, 3.63) is 52.8 Å². The minimum atomic E-state index is -0.883. The molecule has 0 spiro atoms. The molecule has 1 aromatic heterocycles. The lowest BCUT2D eigenvalue weighted by atomic mass is 9.89. The second-order valence-electron chi connectivity index (χ2n) is 6.10. The van der Waals surface area contributed by atoms with Crippen molar-refractivity contribution >= 4 is 23.5 Å². The van der Waals surface area contributed by atoms with Crippen molar-refractivity contribution < 1.29 is 14.7 Å². The van der Waals surface area contributed by atoms with Crippen LogP contribution in [-0.2, 0) is 23.1 Å². The standard InChI is InChI=1S/C17H18ClN3O3/c1-20-8-11(7-19-20)6-16(22)21-9-14(15(10-21)17(23)24)12-2-4-13(18)5-3-12/h2-5,7-8,14-15H,6,9-10H2,1H3,(H,23,24)/t14-,15+/m0/s1. The predicted molar refractivity (Wildman–Crippen MR) is 88.8 cm³/mol. The van der Waals surface area contributed by atoms with Gasteiger partial charge in [-0.15, -0.1) is 0 Å². The third-order valence-corrected chi connectivity index (χ3v) is 4.65. The lowest BCUT2D eigenvalue weighted by molar-refractivity contribution is -0.141. The number of carboxylic acids is 1. The van der Waals surface area contributed by atoms with Crippen LogP contribution in [0.15, 0.2) is 36.7 Å². The Hall–Kier alpha value is -2.34. The molecule has 24 heavy (non-hydrogen) atoms. The van der Waals surface area contributed by atoms with E-state index in [1.54, 1.807) is 41.2 Å². The van der Waals surface area contributed by atoms with Gasteiger partial charge in [-0.05, 0) is 23.3 Å². The summed E-state index contributed by atoms with van der Waals surface area (Å²) in [6, 6.07) is 7.15. The van der Waals surface area contributed by atoms with Gasteiger partial charge in [0.15, 0.2) is 0 Å². The third kappa shape index (κ3) is 3.43. The number of carbonyl (C=O) groups is 2. The fourth-order valence-electron chi connectivity index (χ4n) is 3.15. The number of amides is 1. The zero-order chi connectivity index (χ0) is 17.3. The molecule has 2 heterocycles. The van der Waals surface area contributed by atoms with Crippen LogP contribution in [0.1, 0.15) is 17.0 Å². The van der Waals surface area contributed by atoms with Crippen molar-refractivity contribution in [3.63, 3.8) is 0 Å². The molecule has 0 bridgehead atoms. The lowest BCUT2D eigenvalue weighted by Crippen LogP contribution is -2.31. The summed E-state index contributed by atoms with van der Waals surface area (Å²) in [5, 5.41) is 14.2. The molecule has 0 saturated carbocycles. The van der Waals surface area contributed by atoms with Gasteiger partial charge in [-0.25, -0.2) is 0 Å². The largest absolute Gasteiger partial charge is 0.481 e. The number of carbonyl (C=O) groups excluding carboxylic acids is 1. The smallest absolute Gasteiger partial charge is 0.308 e. The molecule has 1 fully saturated rings. The molecule has 1 aromatic carbocycles. The Balaban J connectivity index is 1.75. The Morgan fingerprint density at radius 1 is 1.29 bits per heavy atom. The Labute approximate surface area is 144 Å². The molecule has 7 heteroatoms. The fraction of sp³-hybridized carbons (Fsp3) is 0.353. The molecular formula is C17H18ClN3O3. The van der Waals surface area contributed by atoms with Gasteiger partial charge >= 0.3 is 5.97 Å². The van der Waals surface area contributed by atoms with Crippen molar-refractivity contribution in [3.8, 4) is 0 Å². The summed E-state index contributed by atoms with van der Waals surface area (Å²) in [5.41, 5.74) is 1.72. The summed E-state index contributed by atoms with van der Waals surface area (Å²) in [5.74, 6) is -1.79. The van der Waals surface area contributed by atoms with Crippen LogP contribution in [0.3, 0.4) is 0 Å². The van der Waals surface area contributed by atoms with E-state index in [4.69, 9.17) is 11.6 Å². The first kappa shape index (κ1) is 16.5. The zero-order valence-electron chi connectivity index (χ0n) is 13.2. The van der Waals surface area contributed by atoms with E-state index in [0.29, 0.717) is 11.6 Å². The summed E-state index contributed by atoms with van der Waals surface area (Å²) >= 11 is 5.90. The van der Waals surface area contributed by atoms with Crippen molar-refractivity contribution in [2.24, 2.45) is 13.0 Å². The van der Waals surface area contributed by atoms with Gasteiger partial charge in [0.1, 0.15) is 0 Å². The van der Waals surface area contributed by atoms with Gasteiger partial charge in [0.05, 0.1) is 18.5 Å². The van der Waals surface area contributed by atoms with Gasteiger partial charge < -0.3 is 10.0 Å². The van der Waals surface area contributed by atoms with Gasteiger partial charge in [0.2, 0.25) is 5.91 Å². The van der Waals surface area contributed by atoms with Gasteiger partial charge in [-0.2, -0.15) is 5.10 Å². The summed E-state index contributed by atoms with van der Waals surface area (Å²) in [6.45, 7) is 0.624. The molecule has 1 amide bonds. The maximum absolute atomic E-state index is 12.5. The predicted octanol–water partition coefficient (Wildman–Crippen LogP) is 1.94. The van der Waals surface area contributed by atoms with Crippen LogP contribution in [0.2, 0.25) is 5.02 Å². The zero-order valence-corrected chi connectivity index (χ0v) is 14.0. The molecule has 0 radical (unpaired) electrons. The minimum absolute atomic E-state index is 0.0780. The van der Waals surface area contributed by atoms with Gasteiger partial charge in [-0.1, -0.05) is 23.7 Å². The van der Waals surface area contributed by atoms with E-state index in [1.165, 1.54) is 0 Å². The highest BCUT2D eigenvalue weighted by Gasteiger charge is 2.40. The molecule has 1 saturated heterocycles. The average molecular weight is 348 g/mol. The highest BCUT2D eigenvalue weighted by molar-refractivity contribution is 6.30. The lowest BCUT2D eigenvalue weighted by Gasteiger charge is -2.16. The van der Waals surface area contributed by atoms with E-state index >= 15 is 0 Å². The molecule has 3 rings (SSSR count). The van der Waals surface area contributed by atoms with Gasteiger partial charge in [0.25, 0.3) is 0 Å². The maximum atomic E-state index is 12.5. The summed E-state index contributed by atoms with van der Waals surface area (Å²) in [6.07, 6.45) is 3.67. The molecule has 1 N–H and O–H groups in total. The van der Waals surface area contributed by atoms with Crippen LogP contribution in [0.25, 0.3) is 0 Å². The van der Waals surface area contributed by atoms with Gasteiger partial charge in [-0.3, -0.25) is 14.3 Å². The fourth-order valence-corrected chi connectivity index (χ4v) is 3.28. The Bertz CT molecular complexity index is 757. The number of likely N-dealkylation sites (tertiary alicyclic amines) is 1. The first-order valence-corrected chi connectivity index (χ1v) is 8.05. The van der Waals surface area contributed by atoms with Crippen LogP contribution in [0.4, 0.5) is 0 Å². The van der Waals surface area contributed by atoms with Crippen LogP contribution in [-0.4, -0.2) is 44.8 Å². The van der Waals surface area contributed by atoms with Crippen molar-refractivity contribution in [2.45, 2.75) is 12.3 Å². The first-order valence-electron chi connectivity index (χ1n) is 7.67. The second-order valence-corrected chi connectivity index (χ2v) is 6.54. The Morgan fingerprint density at radius 3 is 2.58 bits per heavy atom. The van der Waals surface area contributed by atoms with Gasteiger partial charge in [0, 0.05) is 37.3 Å².